The third-order valence-electron chi connectivity index (χ3n) is 10.6. The predicted molar refractivity (Wildman–Crippen MR) is 119 cm³/mol. The van der Waals surface area contributed by atoms with E-state index < -0.39 is 0 Å². The molecular weight excluding hydrogens is 363 g/mol. The van der Waals surface area contributed by atoms with E-state index >= 15 is 0 Å². The fourth-order valence-electron chi connectivity index (χ4n) is 9.05. The molecule has 160 valence electrons. The average Bonchev–Trinajstić information content (AvgIpc) is 3.03. The first-order valence-corrected chi connectivity index (χ1v) is 12.7. The van der Waals surface area contributed by atoms with Crippen LogP contribution in [0.4, 0.5) is 0 Å². The molecule has 4 aliphatic carbocycles. The van der Waals surface area contributed by atoms with Gasteiger partial charge < -0.3 is 4.52 Å². The highest BCUT2D eigenvalue weighted by Crippen LogP contribution is 2.68. The molecule has 10 atom stereocenters. The Balaban J connectivity index is 1.48. The summed E-state index contributed by atoms with van der Waals surface area (Å²) in [5.74, 6) is 6.21. The monoisotopic (exact) mass is 406 g/mol. The van der Waals surface area contributed by atoms with Gasteiger partial charge in [0.2, 0.25) is 0 Å². The van der Waals surface area contributed by atoms with Crippen molar-refractivity contribution in [1.82, 2.24) is 0 Å². The SMILES string of the molecule is C[C@@H]1CC[C@]2(C)C3CC[C@@]4(C)C(CC[C@@H]4[C@H](C)CCC(=O)OP)C3CC[C@@H]2C1. The Bertz CT molecular complexity index is 591. The summed E-state index contributed by atoms with van der Waals surface area (Å²) in [5, 5.41) is 0. The average molecular weight is 407 g/mol. The first-order chi connectivity index (χ1) is 13.3. The van der Waals surface area contributed by atoms with Crippen LogP contribution in [0.25, 0.3) is 0 Å². The zero-order valence-corrected chi connectivity index (χ0v) is 19.9. The van der Waals surface area contributed by atoms with E-state index in [1.165, 1.54) is 57.8 Å². The van der Waals surface area contributed by atoms with Gasteiger partial charge >= 0.3 is 5.97 Å². The second kappa shape index (κ2) is 7.86. The van der Waals surface area contributed by atoms with Gasteiger partial charge in [-0.2, -0.15) is 0 Å². The summed E-state index contributed by atoms with van der Waals surface area (Å²) in [7, 11) is 2.11. The van der Waals surface area contributed by atoms with E-state index in [9.17, 15) is 4.79 Å². The smallest absolute Gasteiger partial charge is 0.307 e. The van der Waals surface area contributed by atoms with Crippen molar-refractivity contribution < 1.29 is 9.32 Å². The fraction of sp³-hybridized carbons (Fsp3) is 0.960. The Morgan fingerprint density at radius 1 is 1.04 bits per heavy atom. The second-order valence-corrected chi connectivity index (χ2v) is 12.0. The molecular formula is C25H43O2P. The summed E-state index contributed by atoms with van der Waals surface area (Å²) in [6.45, 7) is 10.2. The molecule has 2 nitrogen and oxygen atoms in total. The fourth-order valence-corrected chi connectivity index (χ4v) is 9.17. The first kappa shape index (κ1) is 21.1. The maximum Gasteiger partial charge on any atom is 0.307 e. The van der Waals surface area contributed by atoms with E-state index in [2.05, 4.69) is 37.2 Å². The first-order valence-electron chi connectivity index (χ1n) is 12.2. The van der Waals surface area contributed by atoms with Gasteiger partial charge in [0.05, 0.1) is 9.47 Å². The van der Waals surface area contributed by atoms with E-state index in [4.69, 9.17) is 4.52 Å². The lowest BCUT2D eigenvalue weighted by atomic mass is 9.44. The molecule has 0 heterocycles. The highest BCUT2D eigenvalue weighted by Gasteiger charge is 2.60. The number of hydrogen-bond acceptors (Lipinski definition) is 2. The van der Waals surface area contributed by atoms with Crippen LogP contribution in [-0.4, -0.2) is 5.97 Å². The standard InChI is InChI=1S/C25H43O2P/c1-16-11-13-24(3)18(15-16)6-7-19-21-9-8-20(17(2)5-10-23(26)27-28)25(21,4)14-12-22(19)24/h16-22H,5-15,28H2,1-4H3/t16-,17-,18-,19?,20-,21?,22?,24+,25-/m1/s1. The van der Waals surface area contributed by atoms with Crippen molar-refractivity contribution >= 4 is 15.4 Å². The molecule has 0 aromatic rings. The van der Waals surface area contributed by atoms with Crippen molar-refractivity contribution in [3.05, 3.63) is 0 Å². The van der Waals surface area contributed by atoms with Crippen molar-refractivity contribution in [3.8, 4) is 0 Å². The number of rotatable bonds is 4. The minimum Gasteiger partial charge on any atom is -0.452 e. The molecule has 4 unspecified atom stereocenters. The summed E-state index contributed by atoms with van der Waals surface area (Å²) in [5.41, 5.74) is 1.14. The van der Waals surface area contributed by atoms with Crippen LogP contribution in [-0.2, 0) is 9.32 Å². The van der Waals surface area contributed by atoms with Gasteiger partial charge in [-0.15, -0.1) is 0 Å². The molecule has 0 N–H and O–H groups in total. The van der Waals surface area contributed by atoms with E-state index in [0.29, 0.717) is 23.2 Å². The Morgan fingerprint density at radius 3 is 2.50 bits per heavy atom. The highest BCUT2D eigenvalue weighted by atomic mass is 31.0. The molecule has 4 saturated carbocycles. The van der Waals surface area contributed by atoms with Gasteiger partial charge in [0.15, 0.2) is 0 Å². The molecule has 28 heavy (non-hydrogen) atoms. The lowest BCUT2D eigenvalue weighted by Gasteiger charge is -2.61. The van der Waals surface area contributed by atoms with Crippen molar-refractivity contribution in [2.75, 3.05) is 0 Å². The van der Waals surface area contributed by atoms with Crippen LogP contribution in [0.3, 0.4) is 0 Å². The summed E-state index contributed by atoms with van der Waals surface area (Å²) < 4.78 is 4.81. The van der Waals surface area contributed by atoms with Crippen LogP contribution < -0.4 is 0 Å². The van der Waals surface area contributed by atoms with E-state index in [-0.39, 0.29) is 5.97 Å². The van der Waals surface area contributed by atoms with Crippen LogP contribution in [0.2, 0.25) is 0 Å². The minimum atomic E-state index is -0.0713. The highest BCUT2D eigenvalue weighted by molar-refractivity contribution is 7.10. The number of hydrogen-bond donors (Lipinski definition) is 0. The van der Waals surface area contributed by atoms with Gasteiger partial charge in [0, 0.05) is 6.42 Å². The Labute approximate surface area is 175 Å². The molecule has 0 aromatic carbocycles. The lowest BCUT2D eigenvalue weighted by molar-refractivity contribution is -0.134. The van der Waals surface area contributed by atoms with Gasteiger partial charge in [-0.1, -0.05) is 34.1 Å². The molecule has 0 saturated heterocycles. The molecule has 4 aliphatic rings. The third-order valence-corrected chi connectivity index (χ3v) is 10.9. The van der Waals surface area contributed by atoms with Gasteiger partial charge in [-0.25, -0.2) is 0 Å². The van der Waals surface area contributed by atoms with Gasteiger partial charge in [-0.3, -0.25) is 4.79 Å². The molecule has 0 spiro atoms. The Kier molecular flexibility index (Phi) is 5.94. The lowest BCUT2D eigenvalue weighted by Crippen LogP contribution is -2.53. The van der Waals surface area contributed by atoms with Crippen molar-refractivity contribution in [2.24, 2.45) is 52.3 Å². The number of fused-ring (bicyclic) bond motifs is 5. The van der Waals surface area contributed by atoms with E-state index in [1.807, 2.05) is 0 Å². The minimum absolute atomic E-state index is 0.0713. The molecule has 3 heteroatoms. The zero-order chi connectivity index (χ0) is 20.1. The summed E-state index contributed by atoms with van der Waals surface area (Å²) in [6, 6.07) is 0. The van der Waals surface area contributed by atoms with Crippen LogP contribution in [0.15, 0.2) is 0 Å². The van der Waals surface area contributed by atoms with Gasteiger partial charge in [0.1, 0.15) is 0 Å². The Morgan fingerprint density at radius 2 is 1.75 bits per heavy atom. The quantitative estimate of drug-likeness (QED) is 0.468. The molecule has 0 bridgehead atoms. The number of carbonyl (C=O) groups is 1. The predicted octanol–water partition coefficient (Wildman–Crippen LogP) is 7.03. The van der Waals surface area contributed by atoms with Gasteiger partial charge in [0.25, 0.3) is 0 Å². The van der Waals surface area contributed by atoms with E-state index in [0.717, 1.165) is 41.9 Å². The topological polar surface area (TPSA) is 26.3 Å². The normalized spacial score (nSPS) is 48.9. The van der Waals surface area contributed by atoms with Gasteiger partial charge in [-0.05, 0) is 110 Å². The third kappa shape index (κ3) is 3.38. The molecule has 4 fully saturated rings. The maximum absolute atomic E-state index is 11.6. The summed E-state index contributed by atoms with van der Waals surface area (Å²) in [4.78, 5) is 11.6. The molecule has 0 amide bonds. The van der Waals surface area contributed by atoms with Crippen molar-refractivity contribution in [3.63, 3.8) is 0 Å². The molecule has 0 radical (unpaired) electrons. The Hall–Kier alpha value is -0.100. The van der Waals surface area contributed by atoms with Crippen LogP contribution in [0, 0.1) is 52.3 Å². The summed E-state index contributed by atoms with van der Waals surface area (Å²) >= 11 is 0. The van der Waals surface area contributed by atoms with E-state index in [1.54, 1.807) is 0 Å². The number of carbonyl (C=O) groups excluding carboxylic acids is 1. The van der Waals surface area contributed by atoms with Crippen LogP contribution >= 0.6 is 9.47 Å². The largest absolute Gasteiger partial charge is 0.452 e. The molecule has 0 aliphatic heterocycles. The maximum atomic E-state index is 11.6. The molecule has 4 rings (SSSR count). The summed E-state index contributed by atoms with van der Waals surface area (Å²) in [6.07, 6.45) is 14.7. The van der Waals surface area contributed by atoms with Crippen molar-refractivity contribution in [1.29, 1.82) is 0 Å². The van der Waals surface area contributed by atoms with Crippen LogP contribution in [0.5, 0.6) is 0 Å². The zero-order valence-electron chi connectivity index (χ0n) is 18.7. The van der Waals surface area contributed by atoms with Crippen LogP contribution in [0.1, 0.15) is 98.3 Å². The van der Waals surface area contributed by atoms with Crippen molar-refractivity contribution in [2.45, 2.75) is 98.3 Å². The molecule has 0 aromatic heterocycles. The second-order valence-electron chi connectivity index (χ2n) is 11.8.